The predicted molar refractivity (Wildman–Crippen MR) is 63.0 cm³/mol. The first-order valence-corrected chi connectivity index (χ1v) is 5.92. The zero-order valence-corrected chi connectivity index (χ0v) is 11.3. The molecule has 0 aliphatic rings. The second kappa shape index (κ2) is 6.65. The number of aromatic nitrogens is 1. The van der Waals surface area contributed by atoms with Gasteiger partial charge in [0.15, 0.2) is 11.4 Å². The van der Waals surface area contributed by atoms with E-state index in [1.165, 1.54) is 14.0 Å². The van der Waals surface area contributed by atoms with Crippen LogP contribution in [0.2, 0.25) is 0 Å². The summed E-state index contributed by atoms with van der Waals surface area (Å²) >= 11 is 5.56. The van der Waals surface area contributed by atoms with Gasteiger partial charge in [-0.2, -0.15) is 0 Å². The fourth-order valence-corrected chi connectivity index (χ4v) is 1.53. The number of carbonyl (C=O) groups is 1. The lowest BCUT2D eigenvalue weighted by molar-refractivity contribution is -0.275. The fourth-order valence-electron chi connectivity index (χ4n) is 1.33. The molecule has 0 N–H and O–H groups in total. The van der Waals surface area contributed by atoms with Gasteiger partial charge in [0.25, 0.3) is 0 Å². The minimum atomic E-state index is -4.99. The lowest BCUT2D eigenvalue weighted by Crippen LogP contribution is -2.21. The molecule has 9 heteroatoms. The lowest BCUT2D eigenvalue weighted by atomic mass is 10.2. The smallest absolute Gasteiger partial charge is 0.481 e. The minimum Gasteiger partial charge on any atom is -0.481 e. The largest absolute Gasteiger partial charge is 0.573 e. The van der Waals surface area contributed by atoms with Crippen LogP contribution in [0.15, 0.2) is 6.07 Å². The fraction of sp³-hybridized carbons (Fsp3) is 0.455. The van der Waals surface area contributed by atoms with Crippen LogP contribution < -0.4 is 9.47 Å². The highest BCUT2D eigenvalue weighted by Crippen LogP contribution is 2.33. The van der Waals surface area contributed by atoms with Crippen LogP contribution in [0.1, 0.15) is 23.0 Å². The summed E-state index contributed by atoms with van der Waals surface area (Å²) in [6.45, 7) is 1.48. The van der Waals surface area contributed by atoms with Crippen molar-refractivity contribution in [2.75, 3.05) is 13.7 Å². The molecule has 1 rings (SSSR count). The molecular weight excluding hydrogens is 303 g/mol. The van der Waals surface area contributed by atoms with Gasteiger partial charge in [0.05, 0.1) is 19.6 Å². The molecule has 0 radical (unpaired) electrons. The highest BCUT2D eigenvalue weighted by Gasteiger charge is 2.35. The molecule has 0 amide bonds. The van der Waals surface area contributed by atoms with Gasteiger partial charge < -0.3 is 14.2 Å². The van der Waals surface area contributed by atoms with E-state index in [1.807, 2.05) is 0 Å². The number of alkyl halides is 4. The minimum absolute atomic E-state index is 0.0284. The third-order valence-corrected chi connectivity index (χ3v) is 2.35. The summed E-state index contributed by atoms with van der Waals surface area (Å²) in [4.78, 5) is 15.3. The van der Waals surface area contributed by atoms with Gasteiger partial charge in [0.1, 0.15) is 0 Å². The van der Waals surface area contributed by atoms with E-state index in [4.69, 9.17) is 16.3 Å². The van der Waals surface area contributed by atoms with E-state index in [0.717, 1.165) is 6.07 Å². The van der Waals surface area contributed by atoms with Gasteiger partial charge in [-0.1, -0.05) is 0 Å². The van der Waals surface area contributed by atoms with Crippen LogP contribution in [0.3, 0.4) is 0 Å². The van der Waals surface area contributed by atoms with Gasteiger partial charge in [-0.15, -0.1) is 24.8 Å². The molecule has 1 heterocycles. The molecule has 0 fully saturated rings. The van der Waals surface area contributed by atoms with Crippen molar-refractivity contribution in [1.82, 2.24) is 4.98 Å². The van der Waals surface area contributed by atoms with Crippen molar-refractivity contribution in [2.24, 2.45) is 0 Å². The molecule has 1 aromatic heterocycles. The number of carbonyl (C=O) groups excluding carboxylic acids is 1. The number of nitrogens with zero attached hydrogens (tertiary/aromatic N) is 1. The molecule has 112 valence electrons. The Hall–Kier alpha value is -1.70. The third kappa shape index (κ3) is 4.16. The van der Waals surface area contributed by atoms with E-state index in [1.54, 1.807) is 0 Å². The second-order valence-electron chi connectivity index (χ2n) is 3.40. The standard InChI is InChI=1S/C11H11ClF3NO4/c1-3-19-10(17)8-9(20-11(13,14)15)6(5-12)4-7(16-8)18-2/h4H,3,5H2,1-2H3. The number of hydrogen-bond acceptors (Lipinski definition) is 5. The summed E-state index contributed by atoms with van der Waals surface area (Å²) in [5.74, 6) is -2.24. The summed E-state index contributed by atoms with van der Waals surface area (Å²) in [7, 11) is 1.25. The van der Waals surface area contributed by atoms with E-state index in [2.05, 4.69) is 14.5 Å². The summed E-state index contributed by atoms with van der Waals surface area (Å²) < 4.78 is 50.4. The van der Waals surface area contributed by atoms with Crippen LogP contribution in [0.5, 0.6) is 11.6 Å². The summed E-state index contributed by atoms with van der Waals surface area (Å²) in [6, 6.07) is 1.15. The molecular formula is C11H11ClF3NO4. The van der Waals surface area contributed by atoms with Gasteiger partial charge in [0.2, 0.25) is 5.88 Å². The van der Waals surface area contributed by atoms with Gasteiger partial charge in [-0.25, -0.2) is 9.78 Å². The van der Waals surface area contributed by atoms with Crippen LogP contribution >= 0.6 is 11.6 Å². The Morgan fingerprint density at radius 2 is 2.10 bits per heavy atom. The van der Waals surface area contributed by atoms with Crippen LogP contribution in [-0.2, 0) is 10.6 Å². The maximum atomic E-state index is 12.4. The Balaban J connectivity index is 3.38. The SMILES string of the molecule is CCOC(=O)c1nc(OC)cc(CCl)c1OC(F)(F)F. The van der Waals surface area contributed by atoms with Gasteiger partial charge in [0, 0.05) is 11.6 Å². The number of halogens is 4. The Bertz CT molecular complexity index is 493. The van der Waals surface area contributed by atoms with Gasteiger partial charge >= 0.3 is 12.3 Å². The number of hydrogen-bond donors (Lipinski definition) is 0. The molecule has 0 spiro atoms. The first-order valence-electron chi connectivity index (χ1n) is 5.39. The molecule has 1 aromatic rings. The summed E-state index contributed by atoms with van der Waals surface area (Å²) in [6.07, 6.45) is -4.99. The van der Waals surface area contributed by atoms with Crippen molar-refractivity contribution in [2.45, 2.75) is 19.2 Å². The maximum absolute atomic E-state index is 12.4. The maximum Gasteiger partial charge on any atom is 0.573 e. The average molecular weight is 314 g/mol. The summed E-state index contributed by atoms with van der Waals surface area (Å²) in [5.41, 5.74) is -0.724. The first-order chi connectivity index (χ1) is 9.32. The van der Waals surface area contributed by atoms with Gasteiger partial charge in [-0.05, 0) is 6.92 Å². The number of pyridine rings is 1. The molecule has 0 aromatic carbocycles. The average Bonchev–Trinajstić information content (AvgIpc) is 2.37. The van der Waals surface area contributed by atoms with Crippen LogP contribution in [0.4, 0.5) is 13.2 Å². The van der Waals surface area contributed by atoms with Crippen molar-refractivity contribution in [3.05, 3.63) is 17.3 Å². The highest BCUT2D eigenvalue weighted by molar-refractivity contribution is 6.17. The van der Waals surface area contributed by atoms with E-state index in [9.17, 15) is 18.0 Å². The molecule has 0 atom stereocenters. The highest BCUT2D eigenvalue weighted by atomic mass is 35.5. The number of esters is 1. The van der Waals surface area contributed by atoms with E-state index < -0.39 is 23.8 Å². The molecule has 0 saturated heterocycles. The molecule has 0 unspecified atom stereocenters. The van der Waals surface area contributed by atoms with E-state index >= 15 is 0 Å². The zero-order valence-electron chi connectivity index (χ0n) is 10.6. The Kier molecular flexibility index (Phi) is 5.43. The number of methoxy groups -OCH3 is 1. The van der Waals surface area contributed by atoms with Crippen molar-refractivity contribution in [3.8, 4) is 11.6 Å². The van der Waals surface area contributed by atoms with Crippen LogP contribution in [0, 0.1) is 0 Å². The van der Waals surface area contributed by atoms with Crippen LogP contribution in [-0.4, -0.2) is 31.0 Å². The number of rotatable bonds is 5. The molecule has 0 saturated carbocycles. The molecule has 20 heavy (non-hydrogen) atoms. The Morgan fingerprint density at radius 3 is 2.55 bits per heavy atom. The number of ether oxygens (including phenoxy) is 3. The van der Waals surface area contributed by atoms with Crippen molar-refractivity contribution in [3.63, 3.8) is 0 Å². The second-order valence-corrected chi connectivity index (χ2v) is 3.67. The van der Waals surface area contributed by atoms with Crippen LogP contribution in [0.25, 0.3) is 0 Å². The Morgan fingerprint density at radius 1 is 1.45 bits per heavy atom. The van der Waals surface area contributed by atoms with Crippen molar-refractivity contribution in [1.29, 1.82) is 0 Å². The quantitative estimate of drug-likeness (QED) is 0.618. The normalized spacial score (nSPS) is 11.1. The monoisotopic (exact) mass is 313 g/mol. The van der Waals surface area contributed by atoms with Gasteiger partial charge in [-0.3, -0.25) is 0 Å². The van der Waals surface area contributed by atoms with Crippen molar-refractivity contribution >= 4 is 17.6 Å². The molecule has 5 nitrogen and oxygen atoms in total. The summed E-state index contributed by atoms with van der Waals surface area (Å²) in [5, 5.41) is 0. The lowest BCUT2D eigenvalue weighted by Gasteiger charge is -2.15. The predicted octanol–water partition coefficient (Wildman–Crippen LogP) is 2.90. The molecule has 0 bridgehead atoms. The molecule has 0 aliphatic heterocycles. The van der Waals surface area contributed by atoms with Crippen molar-refractivity contribution < 1.29 is 32.2 Å². The molecule has 0 aliphatic carbocycles. The van der Waals surface area contributed by atoms with E-state index in [0.29, 0.717) is 0 Å². The third-order valence-electron chi connectivity index (χ3n) is 2.07. The zero-order chi connectivity index (χ0) is 15.3. The van der Waals surface area contributed by atoms with E-state index in [-0.39, 0.29) is 23.9 Å². The topological polar surface area (TPSA) is 57.7 Å². The first kappa shape index (κ1) is 16.4. The Labute approximate surface area is 117 Å².